The Kier molecular flexibility index (Phi) is 4.55. The van der Waals surface area contributed by atoms with Crippen LogP contribution in [0.4, 0.5) is 0 Å². The van der Waals surface area contributed by atoms with Gasteiger partial charge in [-0.15, -0.1) is 0 Å². The van der Waals surface area contributed by atoms with Gasteiger partial charge in [-0.1, -0.05) is 0 Å². The van der Waals surface area contributed by atoms with E-state index in [1.807, 2.05) is 25.6 Å². The second kappa shape index (κ2) is 6.16. The van der Waals surface area contributed by atoms with Crippen molar-refractivity contribution >= 4 is 5.91 Å². The number of nitrogens with zero attached hydrogens (tertiary/aromatic N) is 3. The molecule has 1 aliphatic heterocycles. The molecule has 0 atom stereocenters. The molecule has 106 valence electrons. The Labute approximate surface area is 114 Å². The van der Waals surface area contributed by atoms with Crippen LogP contribution in [0.5, 0.6) is 0 Å². The van der Waals surface area contributed by atoms with Gasteiger partial charge in [-0.3, -0.25) is 14.4 Å². The van der Waals surface area contributed by atoms with E-state index in [1.165, 1.54) is 0 Å². The van der Waals surface area contributed by atoms with Crippen LogP contribution < -0.4 is 10.6 Å². The van der Waals surface area contributed by atoms with Crippen LogP contribution in [0.2, 0.25) is 0 Å². The van der Waals surface area contributed by atoms with Crippen molar-refractivity contribution in [3.05, 3.63) is 17.0 Å². The molecule has 2 rings (SSSR count). The number of hydrogen-bond acceptors (Lipinski definition) is 4. The molecule has 0 aromatic carbocycles. The Bertz CT molecular complexity index is 448. The third-order valence-corrected chi connectivity index (χ3v) is 3.70. The molecule has 19 heavy (non-hydrogen) atoms. The molecule has 2 N–H and O–H groups in total. The smallest absolute Gasteiger partial charge is 0.234 e. The molecule has 0 bridgehead atoms. The zero-order valence-corrected chi connectivity index (χ0v) is 12.0. The minimum Gasteiger partial charge on any atom is -0.351 e. The monoisotopic (exact) mass is 265 g/mol. The van der Waals surface area contributed by atoms with Crippen LogP contribution in [0, 0.1) is 13.8 Å². The highest BCUT2D eigenvalue weighted by Crippen LogP contribution is 2.11. The number of rotatable bonds is 4. The topological polar surface area (TPSA) is 62.2 Å². The fourth-order valence-electron chi connectivity index (χ4n) is 2.39. The first-order valence-electron chi connectivity index (χ1n) is 6.77. The number of amides is 1. The minimum atomic E-state index is 0.0875. The molecule has 6 nitrogen and oxygen atoms in total. The Balaban J connectivity index is 1.82. The largest absolute Gasteiger partial charge is 0.351 e. The highest BCUT2D eigenvalue weighted by molar-refractivity contribution is 5.78. The van der Waals surface area contributed by atoms with Gasteiger partial charge in [0.05, 0.1) is 12.2 Å². The second-order valence-corrected chi connectivity index (χ2v) is 5.08. The number of piperazine rings is 1. The van der Waals surface area contributed by atoms with E-state index in [0.717, 1.165) is 43.1 Å². The third-order valence-electron chi connectivity index (χ3n) is 3.70. The van der Waals surface area contributed by atoms with Gasteiger partial charge in [0.25, 0.3) is 0 Å². The first-order valence-corrected chi connectivity index (χ1v) is 6.77. The molecule has 0 saturated carbocycles. The Morgan fingerprint density at radius 3 is 2.63 bits per heavy atom. The average Bonchev–Trinajstić information content (AvgIpc) is 2.62. The van der Waals surface area contributed by atoms with Crippen LogP contribution in [0.3, 0.4) is 0 Å². The fraction of sp³-hybridized carbons (Fsp3) is 0.692. The number of hydrogen-bond donors (Lipinski definition) is 2. The van der Waals surface area contributed by atoms with Crippen molar-refractivity contribution in [2.24, 2.45) is 7.05 Å². The van der Waals surface area contributed by atoms with E-state index in [0.29, 0.717) is 13.1 Å². The predicted molar refractivity (Wildman–Crippen MR) is 73.8 cm³/mol. The maximum absolute atomic E-state index is 11.9. The molecule has 1 amide bonds. The summed E-state index contributed by atoms with van der Waals surface area (Å²) in [6.07, 6.45) is 0. The summed E-state index contributed by atoms with van der Waals surface area (Å²) in [5.41, 5.74) is 3.22. The quantitative estimate of drug-likeness (QED) is 0.775. The van der Waals surface area contributed by atoms with Crippen molar-refractivity contribution in [1.29, 1.82) is 0 Å². The summed E-state index contributed by atoms with van der Waals surface area (Å²) in [7, 11) is 1.92. The van der Waals surface area contributed by atoms with E-state index in [1.54, 1.807) is 0 Å². The van der Waals surface area contributed by atoms with Crippen LogP contribution in [0.1, 0.15) is 17.0 Å². The molecule has 1 aromatic rings. The predicted octanol–water partition coefficient (Wildman–Crippen LogP) is -0.442. The summed E-state index contributed by atoms with van der Waals surface area (Å²) < 4.78 is 1.85. The Hall–Kier alpha value is -1.40. The number of aryl methyl sites for hydroxylation is 2. The van der Waals surface area contributed by atoms with Crippen LogP contribution in [-0.2, 0) is 18.4 Å². The van der Waals surface area contributed by atoms with Gasteiger partial charge in [0.2, 0.25) is 5.91 Å². The van der Waals surface area contributed by atoms with Gasteiger partial charge >= 0.3 is 0 Å². The lowest BCUT2D eigenvalue weighted by Gasteiger charge is -2.26. The molecule has 1 aliphatic rings. The fourth-order valence-corrected chi connectivity index (χ4v) is 2.39. The summed E-state index contributed by atoms with van der Waals surface area (Å²) in [5.74, 6) is 0.0875. The number of carbonyl (C=O) groups excluding carboxylic acids is 1. The van der Waals surface area contributed by atoms with E-state index in [9.17, 15) is 4.79 Å². The molecule has 1 saturated heterocycles. The van der Waals surface area contributed by atoms with Crippen molar-refractivity contribution in [3.8, 4) is 0 Å². The van der Waals surface area contributed by atoms with Gasteiger partial charge in [-0.25, -0.2) is 0 Å². The van der Waals surface area contributed by atoms with E-state index >= 15 is 0 Å². The summed E-state index contributed by atoms with van der Waals surface area (Å²) >= 11 is 0. The van der Waals surface area contributed by atoms with Gasteiger partial charge in [0.1, 0.15) is 0 Å². The number of carbonyl (C=O) groups is 1. The molecular formula is C13H23N5O. The zero-order chi connectivity index (χ0) is 13.8. The minimum absolute atomic E-state index is 0.0875. The van der Waals surface area contributed by atoms with Crippen LogP contribution in [-0.4, -0.2) is 53.3 Å². The van der Waals surface area contributed by atoms with Crippen LogP contribution in [0.25, 0.3) is 0 Å². The molecule has 0 radical (unpaired) electrons. The van der Waals surface area contributed by atoms with Crippen molar-refractivity contribution in [2.75, 3.05) is 32.7 Å². The molecule has 0 spiro atoms. The highest BCUT2D eigenvalue weighted by Gasteiger charge is 2.14. The van der Waals surface area contributed by atoms with Crippen LogP contribution in [0.15, 0.2) is 0 Å². The Morgan fingerprint density at radius 1 is 1.37 bits per heavy atom. The number of nitrogens with one attached hydrogen (secondary N) is 2. The van der Waals surface area contributed by atoms with Gasteiger partial charge < -0.3 is 10.6 Å². The van der Waals surface area contributed by atoms with Crippen LogP contribution >= 0.6 is 0 Å². The molecule has 0 aliphatic carbocycles. The molecular weight excluding hydrogens is 242 g/mol. The lowest BCUT2D eigenvalue weighted by atomic mass is 10.2. The second-order valence-electron chi connectivity index (χ2n) is 5.08. The molecule has 0 unspecified atom stereocenters. The maximum Gasteiger partial charge on any atom is 0.234 e. The van der Waals surface area contributed by atoms with Gasteiger partial charge in [0, 0.05) is 51.0 Å². The SMILES string of the molecule is Cc1nn(C)c(C)c1CNC(=O)CN1CCNCC1. The highest BCUT2D eigenvalue weighted by atomic mass is 16.2. The number of aromatic nitrogens is 2. The summed E-state index contributed by atoms with van der Waals surface area (Å²) in [6.45, 7) is 8.87. The zero-order valence-electron chi connectivity index (χ0n) is 12.0. The van der Waals surface area contributed by atoms with Crippen molar-refractivity contribution in [1.82, 2.24) is 25.3 Å². The average molecular weight is 265 g/mol. The molecule has 2 heterocycles. The molecule has 6 heteroatoms. The van der Waals surface area contributed by atoms with Gasteiger partial charge in [0.15, 0.2) is 0 Å². The molecule has 1 fully saturated rings. The molecule has 1 aromatic heterocycles. The summed E-state index contributed by atoms with van der Waals surface area (Å²) in [6, 6.07) is 0. The van der Waals surface area contributed by atoms with Crippen molar-refractivity contribution in [2.45, 2.75) is 20.4 Å². The van der Waals surface area contributed by atoms with E-state index in [-0.39, 0.29) is 5.91 Å². The van der Waals surface area contributed by atoms with E-state index in [4.69, 9.17) is 0 Å². The van der Waals surface area contributed by atoms with Gasteiger partial charge in [-0.2, -0.15) is 5.10 Å². The summed E-state index contributed by atoms with van der Waals surface area (Å²) in [4.78, 5) is 14.1. The lowest BCUT2D eigenvalue weighted by molar-refractivity contribution is -0.122. The van der Waals surface area contributed by atoms with E-state index in [2.05, 4.69) is 20.6 Å². The van der Waals surface area contributed by atoms with Crippen molar-refractivity contribution in [3.63, 3.8) is 0 Å². The normalized spacial score (nSPS) is 16.6. The third kappa shape index (κ3) is 3.54. The lowest BCUT2D eigenvalue weighted by Crippen LogP contribution is -2.47. The first kappa shape index (κ1) is 14.0. The van der Waals surface area contributed by atoms with Crippen molar-refractivity contribution < 1.29 is 4.79 Å². The summed E-state index contributed by atoms with van der Waals surface area (Å²) in [5, 5.41) is 10.6. The van der Waals surface area contributed by atoms with Gasteiger partial charge in [-0.05, 0) is 13.8 Å². The standard InChI is InChI=1S/C13H23N5O/c1-10-12(11(2)17(3)16-10)8-15-13(19)9-18-6-4-14-5-7-18/h14H,4-9H2,1-3H3,(H,15,19). The maximum atomic E-state index is 11.9. The first-order chi connectivity index (χ1) is 9.08. The Morgan fingerprint density at radius 2 is 2.05 bits per heavy atom. The van der Waals surface area contributed by atoms with E-state index < -0.39 is 0 Å².